The molecule has 3 aromatic rings. The first kappa shape index (κ1) is 17.2. The average molecular weight is 366 g/mol. The van der Waals surface area contributed by atoms with E-state index in [0.717, 1.165) is 24.1 Å². The molecule has 1 aliphatic heterocycles. The number of hydrogen-bond acceptors (Lipinski definition) is 3. The van der Waals surface area contributed by atoms with Crippen molar-refractivity contribution in [2.45, 2.75) is 25.3 Å². The lowest BCUT2D eigenvalue weighted by Crippen LogP contribution is -2.45. The molecule has 1 fully saturated rings. The van der Waals surface area contributed by atoms with Crippen molar-refractivity contribution in [3.8, 4) is 11.1 Å². The predicted molar refractivity (Wildman–Crippen MR) is 98.7 cm³/mol. The predicted octanol–water partition coefficient (Wildman–Crippen LogP) is 2.54. The molecule has 0 aliphatic carbocycles. The Labute approximate surface area is 155 Å². The first-order valence-corrected chi connectivity index (χ1v) is 8.92. The van der Waals surface area contributed by atoms with E-state index in [9.17, 15) is 14.0 Å². The van der Waals surface area contributed by atoms with Crippen LogP contribution in [0.2, 0.25) is 0 Å². The fraction of sp³-hybridized carbons (Fsp3) is 0.250. The summed E-state index contributed by atoms with van der Waals surface area (Å²) in [6.07, 6.45) is 7.65. The fourth-order valence-electron chi connectivity index (χ4n) is 3.30. The highest BCUT2D eigenvalue weighted by atomic mass is 19.1. The van der Waals surface area contributed by atoms with Crippen molar-refractivity contribution in [3.05, 3.63) is 60.3 Å². The summed E-state index contributed by atoms with van der Waals surface area (Å²) in [6.45, 7) is 0.617. The van der Waals surface area contributed by atoms with Crippen LogP contribution in [0.1, 0.15) is 29.6 Å². The number of rotatable bonds is 3. The van der Waals surface area contributed by atoms with E-state index < -0.39 is 17.8 Å². The van der Waals surface area contributed by atoms with Gasteiger partial charge in [0.05, 0.1) is 0 Å². The van der Waals surface area contributed by atoms with Gasteiger partial charge in [-0.2, -0.15) is 0 Å². The number of nitrogens with one attached hydrogen (secondary N) is 2. The van der Waals surface area contributed by atoms with Crippen LogP contribution in [0, 0.1) is 5.82 Å². The van der Waals surface area contributed by atoms with Crippen molar-refractivity contribution in [1.29, 1.82) is 0 Å². The number of nitrogens with zero attached hydrogens (tertiary/aromatic N) is 2. The van der Waals surface area contributed by atoms with Gasteiger partial charge >= 0.3 is 0 Å². The third kappa shape index (κ3) is 3.67. The Bertz CT molecular complexity index is 1010. The molecule has 0 radical (unpaired) electrons. The van der Waals surface area contributed by atoms with Gasteiger partial charge in [-0.15, -0.1) is 0 Å². The molecule has 1 aromatic carbocycles. The Hall–Kier alpha value is -3.22. The Balaban J connectivity index is 1.61. The van der Waals surface area contributed by atoms with E-state index in [1.165, 1.54) is 12.1 Å². The molecule has 3 heterocycles. The van der Waals surface area contributed by atoms with Gasteiger partial charge in [-0.05, 0) is 60.7 Å². The van der Waals surface area contributed by atoms with E-state index in [1.54, 1.807) is 12.3 Å². The normalized spacial score (nSPS) is 17.4. The molecule has 1 saturated heterocycles. The number of carbonyl (C=O) groups is 2. The summed E-state index contributed by atoms with van der Waals surface area (Å²) in [7, 11) is 0. The molecule has 0 saturated carbocycles. The SMILES string of the molecule is O=C(N[C@@H]1CCCCNC1=O)c1cc(F)cc(-c2ccn3ccnc3c2)c1. The maximum Gasteiger partial charge on any atom is 0.252 e. The minimum absolute atomic E-state index is 0.185. The van der Waals surface area contributed by atoms with Gasteiger partial charge in [-0.3, -0.25) is 9.59 Å². The number of amides is 2. The van der Waals surface area contributed by atoms with Crippen LogP contribution in [-0.2, 0) is 4.79 Å². The smallest absolute Gasteiger partial charge is 0.252 e. The molecule has 1 aliphatic rings. The molecule has 7 heteroatoms. The van der Waals surface area contributed by atoms with Crippen LogP contribution in [0.25, 0.3) is 16.8 Å². The monoisotopic (exact) mass is 366 g/mol. The molecule has 2 amide bonds. The van der Waals surface area contributed by atoms with Crippen molar-refractivity contribution < 1.29 is 14.0 Å². The van der Waals surface area contributed by atoms with Crippen LogP contribution >= 0.6 is 0 Å². The quantitative estimate of drug-likeness (QED) is 0.748. The summed E-state index contributed by atoms with van der Waals surface area (Å²) in [5.74, 6) is -1.16. The van der Waals surface area contributed by atoms with E-state index in [0.29, 0.717) is 18.5 Å². The summed E-state index contributed by atoms with van der Waals surface area (Å²) < 4.78 is 16.0. The van der Waals surface area contributed by atoms with Gasteiger partial charge in [-0.25, -0.2) is 9.37 Å². The Morgan fingerprint density at radius 2 is 2.07 bits per heavy atom. The van der Waals surface area contributed by atoms with E-state index >= 15 is 0 Å². The lowest BCUT2D eigenvalue weighted by atomic mass is 10.0. The van der Waals surface area contributed by atoms with Crippen LogP contribution in [-0.4, -0.2) is 33.8 Å². The molecule has 27 heavy (non-hydrogen) atoms. The van der Waals surface area contributed by atoms with Gasteiger partial charge in [0.25, 0.3) is 5.91 Å². The van der Waals surface area contributed by atoms with E-state index in [-0.39, 0.29) is 11.5 Å². The zero-order valence-corrected chi connectivity index (χ0v) is 14.6. The Morgan fingerprint density at radius 3 is 2.96 bits per heavy atom. The third-order valence-corrected chi connectivity index (χ3v) is 4.73. The van der Waals surface area contributed by atoms with Crippen molar-refractivity contribution in [2.75, 3.05) is 6.54 Å². The number of fused-ring (bicyclic) bond motifs is 1. The molecule has 2 aromatic heterocycles. The molecule has 1 atom stereocenters. The summed E-state index contributed by atoms with van der Waals surface area (Å²) >= 11 is 0. The van der Waals surface area contributed by atoms with E-state index in [2.05, 4.69) is 15.6 Å². The highest BCUT2D eigenvalue weighted by Crippen LogP contribution is 2.23. The summed E-state index contributed by atoms with van der Waals surface area (Å²) in [5.41, 5.74) is 2.26. The Morgan fingerprint density at radius 1 is 1.19 bits per heavy atom. The van der Waals surface area contributed by atoms with E-state index in [4.69, 9.17) is 0 Å². The molecule has 0 spiro atoms. The van der Waals surface area contributed by atoms with Gasteiger partial charge in [0.2, 0.25) is 5.91 Å². The molecule has 138 valence electrons. The maximum absolute atomic E-state index is 14.2. The number of hydrogen-bond donors (Lipinski definition) is 2. The maximum atomic E-state index is 14.2. The number of benzene rings is 1. The molecule has 0 unspecified atom stereocenters. The largest absolute Gasteiger partial charge is 0.354 e. The van der Waals surface area contributed by atoms with Crippen LogP contribution in [0.15, 0.2) is 48.9 Å². The first-order chi connectivity index (χ1) is 13.1. The first-order valence-electron chi connectivity index (χ1n) is 8.92. The summed E-state index contributed by atoms with van der Waals surface area (Å²) in [4.78, 5) is 28.9. The van der Waals surface area contributed by atoms with E-state index in [1.807, 2.05) is 28.9 Å². The second-order valence-corrected chi connectivity index (χ2v) is 6.65. The number of aromatic nitrogens is 2. The topological polar surface area (TPSA) is 75.5 Å². The number of imidazole rings is 1. The second kappa shape index (κ2) is 7.19. The van der Waals surface area contributed by atoms with Crippen molar-refractivity contribution >= 4 is 17.5 Å². The molecule has 4 rings (SSSR count). The van der Waals surface area contributed by atoms with Crippen LogP contribution in [0.4, 0.5) is 4.39 Å². The molecule has 0 bridgehead atoms. The lowest BCUT2D eigenvalue weighted by molar-refractivity contribution is -0.122. The average Bonchev–Trinajstić information content (AvgIpc) is 3.04. The van der Waals surface area contributed by atoms with Crippen molar-refractivity contribution in [1.82, 2.24) is 20.0 Å². The molecular weight excluding hydrogens is 347 g/mol. The number of pyridine rings is 1. The lowest BCUT2D eigenvalue weighted by Gasteiger charge is -2.15. The van der Waals surface area contributed by atoms with Crippen molar-refractivity contribution in [3.63, 3.8) is 0 Å². The molecule has 6 nitrogen and oxygen atoms in total. The van der Waals surface area contributed by atoms with Gasteiger partial charge in [0, 0.05) is 30.7 Å². The third-order valence-electron chi connectivity index (χ3n) is 4.73. The molecule has 2 N–H and O–H groups in total. The van der Waals surface area contributed by atoms with Gasteiger partial charge in [-0.1, -0.05) is 0 Å². The minimum Gasteiger partial charge on any atom is -0.354 e. The second-order valence-electron chi connectivity index (χ2n) is 6.65. The van der Waals surface area contributed by atoms with Gasteiger partial charge in [0.1, 0.15) is 17.5 Å². The molecular formula is C20H19FN4O2. The van der Waals surface area contributed by atoms with Crippen LogP contribution in [0.3, 0.4) is 0 Å². The fourth-order valence-corrected chi connectivity index (χ4v) is 3.30. The summed E-state index contributed by atoms with van der Waals surface area (Å²) in [6, 6.07) is 7.26. The number of carbonyl (C=O) groups excluding carboxylic acids is 2. The van der Waals surface area contributed by atoms with Crippen LogP contribution < -0.4 is 10.6 Å². The highest BCUT2D eigenvalue weighted by Gasteiger charge is 2.23. The zero-order valence-electron chi connectivity index (χ0n) is 14.6. The highest BCUT2D eigenvalue weighted by molar-refractivity contribution is 5.98. The minimum atomic E-state index is -0.590. The zero-order chi connectivity index (χ0) is 18.8. The summed E-state index contributed by atoms with van der Waals surface area (Å²) in [5, 5.41) is 5.50. The van der Waals surface area contributed by atoms with Crippen LogP contribution in [0.5, 0.6) is 0 Å². The van der Waals surface area contributed by atoms with Gasteiger partial charge < -0.3 is 15.0 Å². The van der Waals surface area contributed by atoms with Crippen molar-refractivity contribution in [2.24, 2.45) is 0 Å². The standard InChI is InChI=1S/C20H19FN4O2/c21-16-10-14(13-4-7-25-8-6-22-18(25)12-13)9-15(11-16)19(26)24-17-3-1-2-5-23-20(17)27/h4,6-12,17H,1-3,5H2,(H,23,27)(H,24,26)/t17-/m1/s1. The Kier molecular flexibility index (Phi) is 4.58. The van der Waals surface area contributed by atoms with Gasteiger partial charge in [0.15, 0.2) is 0 Å². The number of halogens is 1.